The first-order chi connectivity index (χ1) is 13.5. The molecule has 3 nitrogen and oxygen atoms in total. The molecule has 2 aromatic rings. The van der Waals surface area contributed by atoms with Gasteiger partial charge in [-0.2, -0.15) is 0 Å². The summed E-state index contributed by atoms with van der Waals surface area (Å²) >= 11 is 12.6. The molecule has 1 atom stereocenters. The Balaban J connectivity index is 1.42. The van der Waals surface area contributed by atoms with Gasteiger partial charge in [-0.1, -0.05) is 59.6 Å². The minimum absolute atomic E-state index is 0.0946. The van der Waals surface area contributed by atoms with Crippen LogP contribution in [0.2, 0.25) is 10.0 Å². The molecule has 1 saturated heterocycles. The van der Waals surface area contributed by atoms with Gasteiger partial charge in [-0.25, -0.2) is 0 Å². The van der Waals surface area contributed by atoms with E-state index in [1.165, 1.54) is 5.56 Å². The fourth-order valence-corrected chi connectivity index (χ4v) is 4.24. The van der Waals surface area contributed by atoms with Gasteiger partial charge in [-0.05, 0) is 63.4 Å². The van der Waals surface area contributed by atoms with Crippen molar-refractivity contribution >= 4 is 29.1 Å². The maximum Gasteiger partial charge on any atom is 0.223 e. The molecule has 2 aromatic carbocycles. The number of nitrogens with one attached hydrogen (secondary N) is 1. The van der Waals surface area contributed by atoms with Gasteiger partial charge in [0.1, 0.15) is 0 Å². The fraction of sp³-hybridized carbons (Fsp3) is 0.435. The summed E-state index contributed by atoms with van der Waals surface area (Å²) in [6.45, 7) is 4.60. The van der Waals surface area contributed by atoms with Crippen molar-refractivity contribution in [2.75, 3.05) is 13.1 Å². The summed E-state index contributed by atoms with van der Waals surface area (Å²) in [5.41, 5.74) is 2.29. The maximum atomic E-state index is 12.6. The Morgan fingerprint density at radius 2 is 1.71 bits per heavy atom. The van der Waals surface area contributed by atoms with E-state index >= 15 is 0 Å². The zero-order valence-electron chi connectivity index (χ0n) is 16.3. The number of carbonyl (C=O) groups is 1. The zero-order valence-corrected chi connectivity index (χ0v) is 17.8. The monoisotopic (exact) mass is 418 g/mol. The van der Waals surface area contributed by atoms with Gasteiger partial charge >= 0.3 is 0 Å². The molecule has 0 aliphatic carbocycles. The van der Waals surface area contributed by atoms with Gasteiger partial charge < -0.3 is 5.32 Å². The number of piperidine rings is 1. The first-order valence-electron chi connectivity index (χ1n) is 10.0. The number of carbonyl (C=O) groups excluding carboxylic acids is 1. The smallest absolute Gasteiger partial charge is 0.223 e. The standard InChI is InChI=1S/C23H28Cl2N2O/c1-17(10-11-18-6-3-2-4-7-18)26-23(28)19-12-14-27(15-13-19)16-20-21(24)8-5-9-22(20)25/h2-9,17,19H,10-16H2,1H3,(H,26,28)/t17-/m1/s1. The Labute approximate surface area is 178 Å². The summed E-state index contributed by atoms with van der Waals surface area (Å²) in [6, 6.07) is 16.2. The Morgan fingerprint density at radius 1 is 1.07 bits per heavy atom. The summed E-state index contributed by atoms with van der Waals surface area (Å²) < 4.78 is 0. The molecule has 1 aliphatic rings. The number of nitrogens with zero attached hydrogens (tertiary/aromatic N) is 1. The summed E-state index contributed by atoms with van der Waals surface area (Å²) in [4.78, 5) is 15.0. The van der Waals surface area contributed by atoms with Crippen LogP contribution in [0.4, 0.5) is 0 Å². The van der Waals surface area contributed by atoms with E-state index in [4.69, 9.17) is 23.2 Å². The lowest BCUT2D eigenvalue weighted by Crippen LogP contribution is -2.43. The highest BCUT2D eigenvalue weighted by Gasteiger charge is 2.26. The van der Waals surface area contributed by atoms with E-state index in [-0.39, 0.29) is 17.9 Å². The van der Waals surface area contributed by atoms with Gasteiger partial charge in [0.2, 0.25) is 5.91 Å². The highest BCUT2D eigenvalue weighted by Crippen LogP contribution is 2.27. The molecule has 0 aromatic heterocycles. The number of halogens is 2. The van der Waals surface area contributed by atoms with E-state index in [2.05, 4.69) is 41.4 Å². The second kappa shape index (κ2) is 10.3. The fourth-order valence-electron chi connectivity index (χ4n) is 3.72. The highest BCUT2D eigenvalue weighted by atomic mass is 35.5. The van der Waals surface area contributed by atoms with Crippen LogP contribution in [0.1, 0.15) is 37.3 Å². The predicted molar refractivity (Wildman–Crippen MR) is 117 cm³/mol. The van der Waals surface area contributed by atoms with Crippen LogP contribution in [0.15, 0.2) is 48.5 Å². The molecule has 5 heteroatoms. The van der Waals surface area contributed by atoms with Crippen molar-refractivity contribution in [3.8, 4) is 0 Å². The van der Waals surface area contributed by atoms with Crippen LogP contribution >= 0.6 is 23.2 Å². The third-order valence-electron chi connectivity index (χ3n) is 5.50. The van der Waals surface area contributed by atoms with Crippen molar-refractivity contribution in [3.05, 3.63) is 69.7 Å². The SMILES string of the molecule is C[C@H](CCc1ccccc1)NC(=O)C1CCN(Cc2c(Cl)cccc2Cl)CC1. The van der Waals surface area contributed by atoms with Crippen molar-refractivity contribution in [2.24, 2.45) is 5.92 Å². The molecule has 1 heterocycles. The van der Waals surface area contributed by atoms with Crippen molar-refractivity contribution < 1.29 is 4.79 Å². The summed E-state index contributed by atoms with van der Waals surface area (Å²) in [5.74, 6) is 0.285. The maximum absolute atomic E-state index is 12.6. The second-order valence-corrected chi connectivity index (χ2v) is 8.50. The van der Waals surface area contributed by atoms with Gasteiger partial charge in [-0.3, -0.25) is 9.69 Å². The van der Waals surface area contributed by atoms with Crippen LogP contribution in [-0.4, -0.2) is 29.9 Å². The van der Waals surface area contributed by atoms with E-state index in [0.29, 0.717) is 10.0 Å². The third-order valence-corrected chi connectivity index (χ3v) is 6.21. The van der Waals surface area contributed by atoms with E-state index in [1.54, 1.807) is 0 Å². The van der Waals surface area contributed by atoms with Gasteiger partial charge in [0.15, 0.2) is 0 Å². The van der Waals surface area contributed by atoms with Gasteiger partial charge in [0.05, 0.1) is 0 Å². The van der Waals surface area contributed by atoms with Gasteiger partial charge in [0, 0.05) is 34.1 Å². The molecular weight excluding hydrogens is 391 g/mol. The molecular formula is C23H28Cl2N2O. The minimum atomic E-state index is 0.0946. The minimum Gasteiger partial charge on any atom is -0.353 e. The number of hydrogen-bond acceptors (Lipinski definition) is 2. The van der Waals surface area contributed by atoms with Crippen molar-refractivity contribution in [3.63, 3.8) is 0 Å². The quantitative estimate of drug-likeness (QED) is 0.657. The molecule has 150 valence electrons. The van der Waals surface area contributed by atoms with Crippen molar-refractivity contribution in [2.45, 2.75) is 45.2 Å². The Kier molecular flexibility index (Phi) is 7.78. The van der Waals surface area contributed by atoms with Crippen LogP contribution < -0.4 is 5.32 Å². The number of aryl methyl sites for hydroxylation is 1. The summed E-state index contributed by atoms with van der Waals surface area (Å²) in [5, 5.41) is 4.62. The lowest BCUT2D eigenvalue weighted by atomic mass is 9.95. The molecule has 28 heavy (non-hydrogen) atoms. The number of likely N-dealkylation sites (tertiary alicyclic amines) is 1. The second-order valence-electron chi connectivity index (χ2n) is 7.68. The molecule has 1 N–H and O–H groups in total. The van der Waals surface area contributed by atoms with Crippen molar-refractivity contribution in [1.82, 2.24) is 10.2 Å². The van der Waals surface area contributed by atoms with E-state index in [1.807, 2.05) is 24.3 Å². The number of hydrogen-bond donors (Lipinski definition) is 1. The summed E-state index contributed by atoms with van der Waals surface area (Å²) in [6.07, 6.45) is 3.69. The molecule has 0 bridgehead atoms. The molecule has 0 saturated carbocycles. The number of rotatable bonds is 7. The Hall–Kier alpha value is -1.55. The van der Waals surface area contributed by atoms with Crippen LogP contribution in [-0.2, 0) is 17.8 Å². The summed E-state index contributed by atoms with van der Waals surface area (Å²) in [7, 11) is 0. The lowest BCUT2D eigenvalue weighted by molar-refractivity contribution is -0.127. The molecule has 0 radical (unpaired) electrons. The van der Waals surface area contributed by atoms with Crippen LogP contribution in [0.5, 0.6) is 0 Å². The van der Waals surface area contributed by atoms with Crippen LogP contribution in [0.3, 0.4) is 0 Å². The highest BCUT2D eigenvalue weighted by molar-refractivity contribution is 6.35. The first-order valence-corrected chi connectivity index (χ1v) is 10.8. The molecule has 1 aliphatic heterocycles. The Bertz CT molecular complexity index is 753. The normalized spacial score (nSPS) is 16.7. The first kappa shape index (κ1) is 21.2. The molecule has 3 rings (SSSR count). The average Bonchev–Trinajstić information content (AvgIpc) is 2.70. The lowest BCUT2D eigenvalue weighted by Gasteiger charge is -2.32. The topological polar surface area (TPSA) is 32.3 Å². The predicted octanol–water partition coefficient (Wildman–Crippen LogP) is 5.34. The largest absolute Gasteiger partial charge is 0.353 e. The molecule has 0 unspecified atom stereocenters. The van der Waals surface area contributed by atoms with E-state index in [9.17, 15) is 4.79 Å². The number of benzene rings is 2. The van der Waals surface area contributed by atoms with Gasteiger partial charge in [0.25, 0.3) is 0 Å². The molecule has 1 amide bonds. The molecule has 1 fully saturated rings. The van der Waals surface area contributed by atoms with E-state index in [0.717, 1.165) is 50.9 Å². The third kappa shape index (κ3) is 5.97. The van der Waals surface area contributed by atoms with Crippen LogP contribution in [0, 0.1) is 5.92 Å². The average molecular weight is 419 g/mol. The van der Waals surface area contributed by atoms with Crippen LogP contribution in [0.25, 0.3) is 0 Å². The van der Waals surface area contributed by atoms with Crippen molar-refractivity contribution in [1.29, 1.82) is 0 Å². The zero-order chi connectivity index (χ0) is 19.9. The Morgan fingerprint density at radius 3 is 2.36 bits per heavy atom. The van der Waals surface area contributed by atoms with Gasteiger partial charge in [-0.15, -0.1) is 0 Å². The van der Waals surface area contributed by atoms with E-state index < -0.39 is 0 Å². The number of amides is 1. The molecule has 0 spiro atoms.